The van der Waals surface area contributed by atoms with Crippen LogP contribution in [0.5, 0.6) is 5.75 Å². The van der Waals surface area contributed by atoms with Gasteiger partial charge in [-0.15, -0.1) is 0 Å². The van der Waals surface area contributed by atoms with Gasteiger partial charge in [-0.1, -0.05) is 47.2 Å². The standard InChI is InChI=1S/C24H19ClN2O6S/c1-12-21(23(31)33-3)34-24(26-12)27-18(13-7-9-15(25)10-8-13)17(20(29)22(27)30)19(28)14-5-4-6-16(11-14)32-2/h4-11,18,28H,1-3H3/b19-17+. The van der Waals surface area contributed by atoms with Crippen molar-refractivity contribution in [3.8, 4) is 5.75 Å². The molecule has 8 nitrogen and oxygen atoms in total. The van der Waals surface area contributed by atoms with Crippen molar-refractivity contribution in [1.82, 2.24) is 4.98 Å². The molecule has 0 radical (unpaired) electrons. The third-order valence-corrected chi connectivity index (χ3v) is 6.72. The van der Waals surface area contributed by atoms with Crippen LogP contribution < -0.4 is 9.64 Å². The van der Waals surface area contributed by atoms with Gasteiger partial charge in [0, 0.05) is 10.6 Å². The minimum atomic E-state index is -1.00. The Morgan fingerprint density at radius 3 is 2.50 bits per heavy atom. The summed E-state index contributed by atoms with van der Waals surface area (Å²) in [5, 5.41) is 11.8. The molecule has 1 N–H and O–H groups in total. The van der Waals surface area contributed by atoms with E-state index in [9.17, 15) is 19.5 Å². The first-order chi connectivity index (χ1) is 16.3. The second kappa shape index (κ2) is 9.28. The first-order valence-corrected chi connectivity index (χ1v) is 11.2. The van der Waals surface area contributed by atoms with Crippen LogP contribution in [0.1, 0.15) is 32.5 Å². The van der Waals surface area contributed by atoms with Crippen molar-refractivity contribution in [1.29, 1.82) is 0 Å². The highest BCUT2D eigenvalue weighted by molar-refractivity contribution is 7.17. The summed E-state index contributed by atoms with van der Waals surface area (Å²) < 4.78 is 10.0. The average Bonchev–Trinajstić information content (AvgIpc) is 3.35. The quantitative estimate of drug-likeness (QED) is 0.238. The summed E-state index contributed by atoms with van der Waals surface area (Å²) in [6.45, 7) is 1.61. The number of aryl methyl sites for hydroxylation is 1. The van der Waals surface area contributed by atoms with Crippen LogP contribution in [0.4, 0.5) is 5.13 Å². The molecular weight excluding hydrogens is 480 g/mol. The molecule has 1 atom stereocenters. The van der Waals surface area contributed by atoms with Gasteiger partial charge in [-0.3, -0.25) is 14.5 Å². The number of aliphatic hydroxyl groups is 1. The minimum absolute atomic E-state index is 0.118. The van der Waals surface area contributed by atoms with E-state index in [1.807, 2.05) is 0 Å². The Balaban J connectivity index is 1.93. The number of esters is 1. The number of methoxy groups -OCH3 is 2. The summed E-state index contributed by atoms with van der Waals surface area (Å²) in [6.07, 6.45) is 0. The van der Waals surface area contributed by atoms with Crippen molar-refractivity contribution < 1.29 is 29.0 Å². The first kappa shape index (κ1) is 23.5. The number of carbonyl (C=O) groups is 3. The molecule has 0 saturated carbocycles. The Kier molecular flexibility index (Phi) is 6.41. The van der Waals surface area contributed by atoms with Crippen molar-refractivity contribution in [3.05, 3.63) is 80.8 Å². The van der Waals surface area contributed by atoms with Gasteiger partial charge in [-0.25, -0.2) is 9.78 Å². The van der Waals surface area contributed by atoms with E-state index in [-0.39, 0.29) is 21.3 Å². The fraction of sp³-hybridized carbons (Fsp3) is 0.167. The molecule has 2 heterocycles. The van der Waals surface area contributed by atoms with Crippen LogP contribution >= 0.6 is 22.9 Å². The van der Waals surface area contributed by atoms with E-state index in [4.69, 9.17) is 21.1 Å². The zero-order valence-corrected chi connectivity index (χ0v) is 19.9. The van der Waals surface area contributed by atoms with Crippen LogP contribution in [0.3, 0.4) is 0 Å². The van der Waals surface area contributed by atoms with E-state index in [2.05, 4.69) is 4.98 Å². The van der Waals surface area contributed by atoms with Gasteiger partial charge < -0.3 is 14.6 Å². The molecule has 0 spiro atoms. The van der Waals surface area contributed by atoms with Crippen molar-refractivity contribution in [3.63, 3.8) is 0 Å². The Morgan fingerprint density at radius 2 is 1.85 bits per heavy atom. The number of ether oxygens (including phenoxy) is 2. The van der Waals surface area contributed by atoms with Crippen molar-refractivity contribution in [2.24, 2.45) is 0 Å². The molecular formula is C24H19ClN2O6S. The SMILES string of the molecule is COC(=O)c1sc(N2C(=O)C(=O)/C(=C(/O)c3cccc(OC)c3)C2c2ccc(Cl)cc2)nc1C. The molecule has 4 rings (SSSR count). The zero-order valence-electron chi connectivity index (χ0n) is 18.4. The fourth-order valence-electron chi connectivity index (χ4n) is 3.68. The van der Waals surface area contributed by atoms with E-state index in [0.29, 0.717) is 27.6 Å². The molecule has 3 aromatic rings. The monoisotopic (exact) mass is 498 g/mol. The number of halogens is 1. The van der Waals surface area contributed by atoms with Crippen LogP contribution in [0, 0.1) is 6.92 Å². The van der Waals surface area contributed by atoms with Gasteiger partial charge in [-0.05, 0) is 36.8 Å². The summed E-state index contributed by atoms with van der Waals surface area (Å²) in [4.78, 5) is 44.3. The maximum absolute atomic E-state index is 13.2. The highest BCUT2D eigenvalue weighted by Gasteiger charge is 2.48. The molecule has 1 amide bonds. The predicted molar refractivity (Wildman–Crippen MR) is 127 cm³/mol. The second-order valence-electron chi connectivity index (χ2n) is 7.36. The molecule has 174 valence electrons. The van der Waals surface area contributed by atoms with Gasteiger partial charge in [0.1, 0.15) is 16.4 Å². The minimum Gasteiger partial charge on any atom is -0.507 e. The molecule has 34 heavy (non-hydrogen) atoms. The molecule has 1 fully saturated rings. The van der Waals surface area contributed by atoms with Gasteiger partial charge in [0.2, 0.25) is 0 Å². The van der Waals surface area contributed by atoms with E-state index < -0.39 is 23.7 Å². The number of anilines is 1. The number of hydrogen-bond donors (Lipinski definition) is 1. The lowest BCUT2D eigenvalue weighted by Gasteiger charge is -2.23. The fourth-order valence-corrected chi connectivity index (χ4v) is 4.82. The number of hydrogen-bond acceptors (Lipinski definition) is 8. The highest BCUT2D eigenvalue weighted by atomic mass is 35.5. The molecule has 1 aliphatic rings. The number of nitrogens with zero attached hydrogens (tertiary/aromatic N) is 2. The summed E-state index contributed by atoms with van der Waals surface area (Å²) >= 11 is 6.98. The van der Waals surface area contributed by atoms with E-state index in [1.54, 1.807) is 55.5 Å². The molecule has 10 heteroatoms. The third-order valence-electron chi connectivity index (χ3n) is 5.34. The Hall–Kier alpha value is -3.69. The van der Waals surface area contributed by atoms with Crippen molar-refractivity contribution >= 4 is 51.5 Å². The molecule has 2 aromatic carbocycles. The lowest BCUT2D eigenvalue weighted by atomic mass is 9.95. The third kappa shape index (κ3) is 4.04. The van der Waals surface area contributed by atoms with Crippen LogP contribution in [0.25, 0.3) is 5.76 Å². The molecule has 1 saturated heterocycles. The number of rotatable bonds is 5. The Bertz CT molecular complexity index is 1330. The predicted octanol–water partition coefficient (Wildman–Crippen LogP) is 4.53. The topological polar surface area (TPSA) is 106 Å². The van der Waals surface area contributed by atoms with Gasteiger partial charge >= 0.3 is 11.9 Å². The number of amides is 1. The largest absolute Gasteiger partial charge is 0.507 e. The number of ketones is 1. The second-order valence-corrected chi connectivity index (χ2v) is 8.77. The number of benzene rings is 2. The van der Waals surface area contributed by atoms with Crippen LogP contribution in [0.2, 0.25) is 5.02 Å². The van der Waals surface area contributed by atoms with Crippen molar-refractivity contribution in [2.45, 2.75) is 13.0 Å². The van der Waals surface area contributed by atoms with Gasteiger partial charge in [0.05, 0.1) is 31.5 Å². The molecule has 0 bridgehead atoms. The number of thiazole rings is 1. The number of carbonyl (C=O) groups excluding carboxylic acids is 3. The Labute approximate surface area is 204 Å². The summed E-state index contributed by atoms with van der Waals surface area (Å²) in [5.41, 5.74) is 1.08. The summed E-state index contributed by atoms with van der Waals surface area (Å²) in [7, 11) is 2.73. The van der Waals surface area contributed by atoms with Gasteiger partial charge in [0.15, 0.2) is 5.13 Å². The highest BCUT2D eigenvalue weighted by Crippen LogP contribution is 2.44. The van der Waals surface area contributed by atoms with Crippen LogP contribution in [-0.4, -0.2) is 42.0 Å². The number of aromatic nitrogens is 1. The lowest BCUT2D eigenvalue weighted by molar-refractivity contribution is -0.132. The normalized spacial score (nSPS) is 17.2. The molecule has 1 aromatic heterocycles. The molecule has 0 aliphatic carbocycles. The summed E-state index contributed by atoms with van der Waals surface area (Å²) in [6, 6.07) is 12.1. The van der Waals surface area contributed by atoms with Crippen molar-refractivity contribution in [2.75, 3.05) is 19.1 Å². The van der Waals surface area contributed by atoms with Crippen LogP contribution in [0.15, 0.2) is 54.1 Å². The number of aliphatic hydroxyl groups excluding tert-OH is 1. The van der Waals surface area contributed by atoms with Gasteiger partial charge in [0.25, 0.3) is 5.78 Å². The first-order valence-electron chi connectivity index (χ1n) is 10.0. The van der Waals surface area contributed by atoms with E-state index in [0.717, 1.165) is 11.3 Å². The van der Waals surface area contributed by atoms with E-state index in [1.165, 1.54) is 19.1 Å². The summed E-state index contributed by atoms with van der Waals surface area (Å²) in [5.74, 6) is -2.25. The maximum Gasteiger partial charge on any atom is 0.350 e. The molecule has 1 aliphatic heterocycles. The Morgan fingerprint density at radius 1 is 1.15 bits per heavy atom. The number of Topliss-reactive ketones (excluding diaryl/α,β-unsaturated/α-hetero) is 1. The van der Waals surface area contributed by atoms with Gasteiger partial charge in [-0.2, -0.15) is 0 Å². The molecule has 1 unspecified atom stereocenters. The lowest BCUT2D eigenvalue weighted by Crippen LogP contribution is -2.29. The average molecular weight is 499 g/mol. The smallest absolute Gasteiger partial charge is 0.350 e. The maximum atomic E-state index is 13.2. The zero-order chi connectivity index (χ0) is 24.6. The van der Waals surface area contributed by atoms with Crippen LogP contribution in [-0.2, 0) is 14.3 Å². The van der Waals surface area contributed by atoms with E-state index >= 15 is 0 Å².